The Morgan fingerprint density at radius 2 is 1.79 bits per heavy atom. The summed E-state index contributed by atoms with van der Waals surface area (Å²) < 4.78 is 10.7. The van der Waals surface area contributed by atoms with Crippen molar-refractivity contribution in [3.05, 3.63) is 35.4 Å². The van der Waals surface area contributed by atoms with Gasteiger partial charge in [0.25, 0.3) is 0 Å². The first kappa shape index (κ1) is 23.1. The number of anilines is 2. The highest BCUT2D eigenvalue weighted by Crippen LogP contribution is 2.27. The summed E-state index contributed by atoms with van der Waals surface area (Å²) >= 11 is 0. The molecule has 2 N–H and O–H groups in total. The molecule has 0 radical (unpaired) electrons. The first-order valence-corrected chi connectivity index (χ1v) is 10.9. The van der Waals surface area contributed by atoms with Crippen LogP contribution in [0.1, 0.15) is 45.2 Å². The van der Waals surface area contributed by atoms with Gasteiger partial charge < -0.3 is 20.1 Å². The minimum atomic E-state index is 0.447. The normalized spacial score (nSPS) is 17.6. The van der Waals surface area contributed by atoms with E-state index in [9.17, 15) is 0 Å². The summed E-state index contributed by atoms with van der Waals surface area (Å²) in [5, 5.41) is 0. The van der Waals surface area contributed by atoms with Gasteiger partial charge in [-0.2, -0.15) is 0 Å². The SMILES string of the molecule is CC.CC.Cc1c(N)nc(-c2cccc(CCC3CO3)c2)nc1N1CCOCC1. The summed E-state index contributed by atoms with van der Waals surface area (Å²) in [5.74, 6) is 2.15. The number of nitrogen functional groups attached to an aromatic ring is 1. The van der Waals surface area contributed by atoms with Crippen LogP contribution >= 0.6 is 0 Å². The number of morpholine rings is 1. The number of epoxide rings is 1. The van der Waals surface area contributed by atoms with Crippen molar-refractivity contribution in [3.8, 4) is 11.4 Å². The van der Waals surface area contributed by atoms with Crippen LogP contribution in [0.4, 0.5) is 11.6 Å². The van der Waals surface area contributed by atoms with E-state index in [0.717, 1.165) is 62.7 Å². The number of ether oxygens (including phenoxy) is 2. The quantitative estimate of drug-likeness (QED) is 0.756. The molecule has 2 fully saturated rings. The lowest BCUT2D eigenvalue weighted by Gasteiger charge is -2.29. The number of benzene rings is 1. The second kappa shape index (κ2) is 11.7. The highest BCUT2D eigenvalue weighted by atomic mass is 16.6. The standard InChI is InChI=1S/C19H24N4O2.2C2H6/c1-13-17(20)21-18(22-19(13)23-7-9-24-10-8-23)15-4-2-3-14(11-15)5-6-16-12-25-16;2*1-2/h2-4,11,16H,5-10,12H2,1H3,(H2,20,21,22);2*1-2H3. The molecule has 1 aromatic carbocycles. The fourth-order valence-electron chi connectivity index (χ4n) is 3.16. The Morgan fingerprint density at radius 1 is 1.10 bits per heavy atom. The summed E-state index contributed by atoms with van der Waals surface area (Å²) in [6, 6.07) is 8.42. The summed E-state index contributed by atoms with van der Waals surface area (Å²) in [5.41, 5.74) is 9.41. The van der Waals surface area contributed by atoms with Gasteiger partial charge in [0.05, 0.1) is 25.9 Å². The zero-order chi connectivity index (χ0) is 21.2. The molecule has 4 rings (SSSR count). The molecule has 0 aliphatic carbocycles. The van der Waals surface area contributed by atoms with E-state index in [2.05, 4.69) is 28.1 Å². The molecule has 0 saturated carbocycles. The van der Waals surface area contributed by atoms with E-state index < -0.39 is 0 Å². The minimum Gasteiger partial charge on any atom is -0.383 e. The number of nitrogens with two attached hydrogens (primary N) is 1. The average molecular weight is 401 g/mol. The van der Waals surface area contributed by atoms with Crippen LogP contribution in [0.15, 0.2) is 24.3 Å². The van der Waals surface area contributed by atoms with Gasteiger partial charge in [-0.25, -0.2) is 9.97 Å². The van der Waals surface area contributed by atoms with Crippen molar-refractivity contribution < 1.29 is 9.47 Å². The number of hydrogen-bond acceptors (Lipinski definition) is 6. The Labute approximate surface area is 175 Å². The third kappa shape index (κ3) is 6.41. The number of aromatic nitrogens is 2. The monoisotopic (exact) mass is 400 g/mol. The Balaban J connectivity index is 0.000000707. The van der Waals surface area contributed by atoms with Gasteiger partial charge in [0.15, 0.2) is 5.82 Å². The van der Waals surface area contributed by atoms with E-state index >= 15 is 0 Å². The fourth-order valence-corrected chi connectivity index (χ4v) is 3.16. The molecule has 6 nitrogen and oxygen atoms in total. The zero-order valence-corrected chi connectivity index (χ0v) is 18.6. The van der Waals surface area contributed by atoms with Crippen LogP contribution in [-0.2, 0) is 15.9 Å². The van der Waals surface area contributed by atoms with Crippen molar-refractivity contribution in [2.24, 2.45) is 0 Å². The lowest BCUT2D eigenvalue weighted by Crippen LogP contribution is -2.37. The van der Waals surface area contributed by atoms with E-state index in [1.165, 1.54) is 5.56 Å². The van der Waals surface area contributed by atoms with Crippen LogP contribution in [0.25, 0.3) is 11.4 Å². The van der Waals surface area contributed by atoms with Gasteiger partial charge in [-0.15, -0.1) is 0 Å². The van der Waals surface area contributed by atoms with E-state index in [0.29, 0.717) is 17.7 Å². The third-order valence-corrected chi connectivity index (χ3v) is 4.81. The largest absolute Gasteiger partial charge is 0.383 e. The average Bonchev–Trinajstić information content (AvgIpc) is 3.62. The number of nitrogens with zero attached hydrogens (tertiary/aromatic N) is 3. The van der Waals surface area contributed by atoms with Crippen LogP contribution in [0.2, 0.25) is 0 Å². The van der Waals surface area contributed by atoms with Crippen molar-refractivity contribution in [3.63, 3.8) is 0 Å². The summed E-state index contributed by atoms with van der Waals surface area (Å²) in [6.45, 7) is 14.0. The second-order valence-electron chi connectivity index (χ2n) is 6.67. The van der Waals surface area contributed by atoms with Crippen LogP contribution < -0.4 is 10.6 Å². The maximum atomic E-state index is 6.18. The third-order valence-electron chi connectivity index (χ3n) is 4.81. The molecule has 2 aliphatic rings. The molecule has 2 aliphatic heterocycles. The molecule has 1 aromatic heterocycles. The fraction of sp³-hybridized carbons (Fsp3) is 0.565. The van der Waals surface area contributed by atoms with Gasteiger partial charge in [-0.1, -0.05) is 45.9 Å². The maximum Gasteiger partial charge on any atom is 0.163 e. The highest BCUT2D eigenvalue weighted by molar-refractivity contribution is 5.65. The van der Waals surface area contributed by atoms with Gasteiger partial charge in [0.2, 0.25) is 0 Å². The molecule has 29 heavy (non-hydrogen) atoms. The number of rotatable bonds is 5. The summed E-state index contributed by atoms with van der Waals surface area (Å²) in [4.78, 5) is 11.6. The van der Waals surface area contributed by atoms with E-state index in [1.54, 1.807) is 0 Å². The minimum absolute atomic E-state index is 0.447. The first-order chi connectivity index (χ1) is 14.2. The van der Waals surface area contributed by atoms with Crippen molar-refractivity contribution in [2.75, 3.05) is 43.5 Å². The van der Waals surface area contributed by atoms with Gasteiger partial charge >= 0.3 is 0 Å². The van der Waals surface area contributed by atoms with Crippen LogP contribution in [0, 0.1) is 6.92 Å². The molecule has 0 spiro atoms. The molecule has 2 aromatic rings. The molecular formula is C23H36N4O2. The molecule has 0 amide bonds. The smallest absolute Gasteiger partial charge is 0.163 e. The molecule has 6 heteroatoms. The summed E-state index contributed by atoms with van der Waals surface area (Å²) in [7, 11) is 0. The van der Waals surface area contributed by atoms with E-state index in [1.807, 2.05) is 40.7 Å². The molecule has 1 unspecified atom stereocenters. The number of aryl methyl sites for hydroxylation is 1. The Morgan fingerprint density at radius 3 is 2.45 bits per heavy atom. The summed E-state index contributed by atoms with van der Waals surface area (Å²) in [6.07, 6.45) is 2.53. The lowest BCUT2D eigenvalue weighted by atomic mass is 10.0. The molecular weight excluding hydrogens is 364 g/mol. The zero-order valence-electron chi connectivity index (χ0n) is 18.6. The lowest BCUT2D eigenvalue weighted by molar-refractivity contribution is 0.122. The number of hydrogen-bond donors (Lipinski definition) is 1. The molecule has 1 atom stereocenters. The predicted octanol–water partition coefficient (Wildman–Crippen LogP) is 4.25. The Hall–Kier alpha value is -2.18. The van der Waals surface area contributed by atoms with Crippen molar-refractivity contribution in [1.82, 2.24) is 9.97 Å². The van der Waals surface area contributed by atoms with Gasteiger partial charge in [-0.05, 0) is 31.4 Å². The second-order valence-corrected chi connectivity index (χ2v) is 6.67. The molecule has 3 heterocycles. The van der Waals surface area contributed by atoms with E-state index in [-0.39, 0.29) is 0 Å². The molecule has 0 bridgehead atoms. The van der Waals surface area contributed by atoms with Crippen LogP contribution in [0.3, 0.4) is 0 Å². The molecule has 2 saturated heterocycles. The molecule has 160 valence electrons. The Bertz CT molecular complexity index is 757. The van der Waals surface area contributed by atoms with Crippen molar-refractivity contribution >= 4 is 11.6 Å². The topological polar surface area (TPSA) is 76.8 Å². The van der Waals surface area contributed by atoms with Crippen LogP contribution in [-0.4, -0.2) is 49.0 Å². The first-order valence-electron chi connectivity index (χ1n) is 10.9. The van der Waals surface area contributed by atoms with Crippen LogP contribution in [0.5, 0.6) is 0 Å². The Kier molecular flexibility index (Phi) is 9.35. The predicted molar refractivity (Wildman–Crippen MR) is 120 cm³/mol. The highest BCUT2D eigenvalue weighted by Gasteiger charge is 2.22. The maximum absolute atomic E-state index is 6.18. The van der Waals surface area contributed by atoms with Gasteiger partial charge in [0.1, 0.15) is 11.6 Å². The van der Waals surface area contributed by atoms with Gasteiger partial charge in [0, 0.05) is 24.2 Å². The van der Waals surface area contributed by atoms with Crippen molar-refractivity contribution in [2.45, 2.75) is 53.6 Å². The van der Waals surface area contributed by atoms with Gasteiger partial charge in [-0.3, -0.25) is 0 Å². The van der Waals surface area contributed by atoms with E-state index in [4.69, 9.17) is 20.2 Å². The van der Waals surface area contributed by atoms with Crippen molar-refractivity contribution in [1.29, 1.82) is 0 Å².